The van der Waals surface area contributed by atoms with Crippen molar-refractivity contribution >= 4 is 0 Å². The third-order valence-corrected chi connectivity index (χ3v) is 1.67. The molecule has 0 aromatic heterocycles. The Bertz CT molecular complexity index is 91.3. The van der Waals surface area contributed by atoms with Gasteiger partial charge in [0.25, 0.3) is 0 Å². The Morgan fingerprint density at radius 2 is 2.30 bits per heavy atom. The van der Waals surface area contributed by atoms with E-state index in [4.69, 9.17) is 0 Å². The van der Waals surface area contributed by atoms with Crippen LogP contribution in [0.3, 0.4) is 0 Å². The van der Waals surface area contributed by atoms with Gasteiger partial charge in [0.1, 0.15) is 0 Å². The van der Waals surface area contributed by atoms with Gasteiger partial charge in [0, 0.05) is 19.1 Å². The van der Waals surface area contributed by atoms with E-state index < -0.39 is 0 Å². The average Bonchev–Trinajstić information content (AvgIpc) is 1.89. The Morgan fingerprint density at radius 3 is 2.70 bits per heavy atom. The molecule has 2 nitrogen and oxygen atoms in total. The predicted molar refractivity (Wildman–Crippen MR) is 46.2 cm³/mol. The van der Waals surface area contributed by atoms with E-state index in [9.17, 15) is 0 Å². The lowest BCUT2D eigenvalue weighted by atomic mass is 10.3. The third kappa shape index (κ3) is 3.64. The molecular weight excluding hydrogens is 124 g/mol. The van der Waals surface area contributed by atoms with Gasteiger partial charge >= 0.3 is 0 Å². The molecule has 0 aliphatic carbocycles. The Balaban J connectivity index is 3.47. The van der Waals surface area contributed by atoms with Gasteiger partial charge in [0.05, 0.1) is 0 Å². The normalized spacial score (nSPS) is 13.6. The Labute approximate surface area is 63.9 Å². The van der Waals surface area contributed by atoms with Crippen molar-refractivity contribution in [1.29, 1.82) is 0 Å². The molecule has 1 N–H and O–H groups in total. The summed E-state index contributed by atoms with van der Waals surface area (Å²) in [7, 11) is 4.07. The van der Waals surface area contributed by atoms with Gasteiger partial charge in [0.2, 0.25) is 0 Å². The van der Waals surface area contributed by atoms with Crippen LogP contribution in [0.15, 0.2) is 12.7 Å². The molecule has 0 aliphatic rings. The van der Waals surface area contributed by atoms with E-state index >= 15 is 0 Å². The average molecular weight is 142 g/mol. The quantitative estimate of drug-likeness (QED) is 0.569. The number of likely N-dealkylation sites (N-methyl/N-ethyl adjacent to an activating group) is 2. The van der Waals surface area contributed by atoms with Gasteiger partial charge in [-0.2, -0.15) is 0 Å². The fourth-order valence-electron chi connectivity index (χ4n) is 0.835. The summed E-state index contributed by atoms with van der Waals surface area (Å²) in [5, 5.41) is 3.13. The van der Waals surface area contributed by atoms with E-state index in [1.54, 1.807) is 0 Å². The van der Waals surface area contributed by atoms with Gasteiger partial charge < -0.3 is 5.32 Å². The molecule has 0 rings (SSSR count). The van der Waals surface area contributed by atoms with Gasteiger partial charge in [-0.1, -0.05) is 6.08 Å². The van der Waals surface area contributed by atoms with Crippen molar-refractivity contribution in [2.24, 2.45) is 0 Å². The maximum absolute atomic E-state index is 3.68. The van der Waals surface area contributed by atoms with Crippen LogP contribution >= 0.6 is 0 Å². The van der Waals surface area contributed by atoms with E-state index in [1.807, 2.05) is 13.1 Å². The summed E-state index contributed by atoms with van der Waals surface area (Å²) >= 11 is 0. The topological polar surface area (TPSA) is 15.3 Å². The van der Waals surface area contributed by atoms with Crippen LogP contribution in [-0.2, 0) is 0 Å². The van der Waals surface area contributed by atoms with Crippen molar-refractivity contribution in [3.63, 3.8) is 0 Å². The SMILES string of the molecule is C=CCN(C)C(C)CNC. The van der Waals surface area contributed by atoms with Crippen LogP contribution in [0, 0.1) is 0 Å². The van der Waals surface area contributed by atoms with E-state index in [-0.39, 0.29) is 0 Å². The summed E-state index contributed by atoms with van der Waals surface area (Å²) in [5.41, 5.74) is 0. The number of nitrogens with one attached hydrogen (secondary N) is 1. The van der Waals surface area contributed by atoms with Crippen molar-refractivity contribution in [2.75, 3.05) is 27.2 Å². The van der Waals surface area contributed by atoms with Gasteiger partial charge in [-0.15, -0.1) is 6.58 Å². The largest absolute Gasteiger partial charge is 0.318 e. The molecule has 2 heteroatoms. The molecule has 0 aromatic rings. The lowest BCUT2D eigenvalue weighted by Gasteiger charge is -2.22. The van der Waals surface area contributed by atoms with Gasteiger partial charge in [-0.25, -0.2) is 0 Å². The molecule has 0 saturated heterocycles. The molecule has 0 fully saturated rings. The molecule has 0 saturated carbocycles. The number of hydrogen-bond acceptors (Lipinski definition) is 2. The van der Waals surface area contributed by atoms with Crippen molar-refractivity contribution in [2.45, 2.75) is 13.0 Å². The Kier molecular flexibility index (Phi) is 5.26. The third-order valence-electron chi connectivity index (χ3n) is 1.67. The van der Waals surface area contributed by atoms with Crippen LogP contribution in [0.4, 0.5) is 0 Å². The maximum Gasteiger partial charge on any atom is 0.0192 e. The van der Waals surface area contributed by atoms with Crippen LogP contribution in [0.5, 0.6) is 0 Å². The molecule has 0 bridgehead atoms. The molecule has 0 aliphatic heterocycles. The molecular formula is C8H18N2. The number of rotatable bonds is 5. The minimum absolute atomic E-state index is 0.586. The van der Waals surface area contributed by atoms with Gasteiger partial charge in [-0.05, 0) is 21.0 Å². The molecule has 0 aromatic carbocycles. The fraction of sp³-hybridized carbons (Fsp3) is 0.750. The second kappa shape index (κ2) is 5.45. The monoisotopic (exact) mass is 142 g/mol. The highest BCUT2D eigenvalue weighted by molar-refractivity contribution is 4.75. The minimum atomic E-state index is 0.586. The molecule has 0 amide bonds. The zero-order chi connectivity index (χ0) is 7.98. The Hall–Kier alpha value is -0.340. The smallest absolute Gasteiger partial charge is 0.0192 e. The van der Waals surface area contributed by atoms with Gasteiger partial charge in [-0.3, -0.25) is 4.90 Å². The summed E-state index contributed by atoms with van der Waals surface area (Å²) < 4.78 is 0. The minimum Gasteiger partial charge on any atom is -0.318 e. The van der Waals surface area contributed by atoms with Crippen LogP contribution in [-0.4, -0.2) is 38.1 Å². The summed E-state index contributed by atoms with van der Waals surface area (Å²) in [6.07, 6.45) is 1.92. The lowest BCUT2D eigenvalue weighted by molar-refractivity contribution is 0.280. The lowest BCUT2D eigenvalue weighted by Crippen LogP contribution is -2.36. The highest BCUT2D eigenvalue weighted by atomic mass is 15.1. The maximum atomic E-state index is 3.68. The molecule has 0 radical (unpaired) electrons. The molecule has 1 unspecified atom stereocenters. The molecule has 0 spiro atoms. The van der Waals surface area contributed by atoms with Crippen LogP contribution in [0.2, 0.25) is 0 Å². The fourth-order valence-corrected chi connectivity index (χ4v) is 0.835. The summed E-state index contributed by atoms with van der Waals surface area (Å²) in [5.74, 6) is 0. The van der Waals surface area contributed by atoms with E-state index in [1.165, 1.54) is 0 Å². The summed E-state index contributed by atoms with van der Waals surface area (Å²) in [4.78, 5) is 2.25. The molecule has 1 atom stereocenters. The van der Waals surface area contributed by atoms with E-state index in [0.717, 1.165) is 13.1 Å². The van der Waals surface area contributed by atoms with E-state index in [0.29, 0.717) is 6.04 Å². The van der Waals surface area contributed by atoms with Gasteiger partial charge in [0.15, 0.2) is 0 Å². The van der Waals surface area contributed by atoms with Crippen molar-refractivity contribution < 1.29 is 0 Å². The number of hydrogen-bond donors (Lipinski definition) is 1. The van der Waals surface area contributed by atoms with Crippen molar-refractivity contribution in [1.82, 2.24) is 10.2 Å². The first-order valence-corrected chi connectivity index (χ1v) is 3.68. The zero-order valence-corrected chi connectivity index (χ0v) is 7.22. The first kappa shape index (κ1) is 9.66. The van der Waals surface area contributed by atoms with Crippen LogP contribution in [0.25, 0.3) is 0 Å². The number of nitrogens with zero attached hydrogens (tertiary/aromatic N) is 1. The van der Waals surface area contributed by atoms with Crippen LogP contribution in [0.1, 0.15) is 6.92 Å². The second-order valence-corrected chi connectivity index (χ2v) is 2.63. The van der Waals surface area contributed by atoms with Crippen molar-refractivity contribution in [3.8, 4) is 0 Å². The highest BCUT2D eigenvalue weighted by Gasteiger charge is 2.04. The molecule has 10 heavy (non-hydrogen) atoms. The molecule has 0 heterocycles. The summed E-state index contributed by atoms with van der Waals surface area (Å²) in [6, 6.07) is 0.586. The summed E-state index contributed by atoms with van der Waals surface area (Å²) in [6.45, 7) is 7.87. The standard InChI is InChI=1S/C8H18N2/c1-5-6-10(4)8(2)7-9-3/h5,8-9H,1,6-7H2,2-4H3. The zero-order valence-electron chi connectivity index (χ0n) is 7.22. The first-order valence-electron chi connectivity index (χ1n) is 3.68. The first-order chi connectivity index (χ1) is 4.72. The second-order valence-electron chi connectivity index (χ2n) is 2.63. The van der Waals surface area contributed by atoms with Crippen molar-refractivity contribution in [3.05, 3.63) is 12.7 Å². The van der Waals surface area contributed by atoms with Crippen LogP contribution < -0.4 is 5.32 Å². The molecule has 60 valence electrons. The van der Waals surface area contributed by atoms with E-state index in [2.05, 4.69) is 30.8 Å². The Morgan fingerprint density at radius 1 is 1.70 bits per heavy atom. The highest BCUT2D eigenvalue weighted by Crippen LogP contribution is 1.92. The predicted octanol–water partition coefficient (Wildman–Crippen LogP) is 0.712.